The second kappa shape index (κ2) is 9.19. The number of hydrogen-bond donors (Lipinski definition) is 1. The molecule has 2 aromatic carbocycles. The highest BCUT2D eigenvalue weighted by Crippen LogP contribution is 2.29. The predicted octanol–water partition coefficient (Wildman–Crippen LogP) is 5.14. The highest BCUT2D eigenvalue weighted by molar-refractivity contribution is 7.22. The first kappa shape index (κ1) is 18.9. The third kappa shape index (κ3) is 5.08. The van der Waals surface area contributed by atoms with Crippen molar-refractivity contribution in [3.8, 4) is 11.5 Å². The number of rotatable bonds is 8. The molecule has 0 saturated heterocycles. The number of para-hydroxylation sites is 1. The Kier molecular flexibility index (Phi) is 6.44. The Hall–Kier alpha value is -2.86. The molecule has 0 spiro atoms. The first-order valence-electron chi connectivity index (χ1n) is 8.94. The number of carbonyl (C=O) groups is 1. The zero-order valence-corrected chi connectivity index (χ0v) is 16.2. The van der Waals surface area contributed by atoms with Gasteiger partial charge in [0.2, 0.25) is 5.91 Å². The van der Waals surface area contributed by atoms with Crippen LogP contribution in [-0.4, -0.2) is 24.1 Å². The summed E-state index contributed by atoms with van der Waals surface area (Å²) in [6.45, 7) is 5.26. The molecule has 1 amide bonds. The molecule has 0 fully saturated rings. The molecule has 0 aliphatic rings. The number of anilines is 1. The molecule has 1 heterocycles. The number of amides is 1. The van der Waals surface area contributed by atoms with Crippen LogP contribution >= 0.6 is 11.3 Å². The molecule has 3 rings (SSSR count). The van der Waals surface area contributed by atoms with Gasteiger partial charge in [-0.1, -0.05) is 36.5 Å². The van der Waals surface area contributed by atoms with Crippen molar-refractivity contribution in [1.82, 2.24) is 4.98 Å². The number of ether oxygens (including phenoxy) is 2. The fourth-order valence-corrected chi connectivity index (χ4v) is 3.39. The maximum absolute atomic E-state index is 12.3. The fourth-order valence-electron chi connectivity index (χ4n) is 2.49. The minimum absolute atomic E-state index is 0.232. The van der Waals surface area contributed by atoms with Gasteiger partial charge in [0.15, 0.2) is 5.13 Å². The maximum Gasteiger partial charge on any atom is 0.250 e. The minimum Gasteiger partial charge on any atom is -0.494 e. The molecule has 5 nitrogen and oxygen atoms in total. The zero-order valence-electron chi connectivity index (χ0n) is 15.4. The van der Waals surface area contributed by atoms with Crippen molar-refractivity contribution < 1.29 is 14.3 Å². The third-order valence-corrected chi connectivity index (χ3v) is 4.63. The van der Waals surface area contributed by atoms with Gasteiger partial charge in [0.1, 0.15) is 11.5 Å². The molecule has 0 radical (unpaired) electrons. The predicted molar refractivity (Wildman–Crippen MR) is 111 cm³/mol. The van der Waals surface area contributed by atoms with E-state index in [0.717, 1.165) is 33.7 Å². The molecule has 1 N–H and O–H groups in total. The summed E-state index contributed by atoms with van der Waals surface area (Å²) < 4.78 is 12.2. The maximum atomic E-state index is 12.3. The molecule has 140 valence electrons. The highest BCUT2D eigenvalue weighted by Gasteiger charge is 2.07. The first-order chi connectivity index (χ1) is 13.2. The van der Waals surface area contributed by atoms with Gasteiger partial charge in [-0.3, -0.25) is 10.1 Å². The number of aromatic nitrogens is 1. The summed E-state index contributed by atoms with van der Waals surface area (Å²) in [5, 5.41) is 3.37. The van der Waals surface area contributed by atoms with Crippen molar-refractivity contribution in [3.05, 3.63) is 54.1 Å². The van der Waals surface area contributed by atoms with Crippen LogP contribution in [0.2, 0.25) is 0 Å². The Morgan fingerprint density at radius 1 is 1.19 bits per heavy atom. The van der Waals surface area contributed by atoms with E-state index in [-0.39, 0.29) is 5.91 Å². The molecule has 0 saturated carbocycles. The summed E-state index contributed by atoms with van der Waals surface area (Å²) in [6, 6.07) is 13.4. The second-order valence-electron chi connectivity index (χ2n) is 5.79. The van der Waals surface area contributed by atoms with Gasteiger partial charge in [0.25, 0.3) is 0 Å². The van der Waals surface area contributed by atoms with Crippen molar-refractivity contribution in [2.75, 3.05) is 18.5 Å². The molecule has 6 heteroatoms. The Bertz CT molecular complexity index is 950. The average molecular weight is 382 g/mol. The average Bonchev–Trinajstić information content (AvgIpc) is 3.07. The number of hydrogen-bond acceptors (Lipinski definition) is 5. The monoisotopic (exact) mass is 382 g/mol. The summed E-state index contributed by atoms with van der Waals surface area (Å²) in [6.07, 6.45) is 4.17. The zero-order chi connectivity index (χ0) is 19.1. The standard InChI is InChI=1S/C21H22N2O3S/c1-3-13-26-18-8-6-5-7-15(18)9-12-20(24)23-21-22-17-11-10-16(25-4-2)14-19(17)27-21/h5-12,14H,3-4,13H2,1-2H3,(H,22,23,24)/b12-9+. The van der Waals surface area contributed by atoms with Crippen molar-refractivity contribution >= 4 is 38.7 Å². The van der Waals surface area contributed by atoms with Crippen molar-refractivity contribution in [2.45, 2.75) is 20.3 Å². The Morgan fingerprint density at radius 3 is 2.85 bits per heavy atom. The van der Waals surface area contributed by atoms with E-state index in [1.165, 1.54) is 17.4 Å². The van der Waals surface area contributed by atoms with E-state index in [4.69, 9.17) is 9.47 Å². The lowest BCUT2D eigenvalue weighted by molar-refractivity contribution is -0.111. The van der Waals surface area contributed by atoms with Gasteiger partial charge in [-0.25, -0.2) is 4.98 Å². The van der Waals surface area contributed by atoms with Gasteiger partial charge in [-0.05, 0) is 43.7 Å². The summed E-state index contributed by atoms with van der Waals surface area (Å²) >= 11 is 1.42. The number of thiazole rings is 1. The molecule has 0 unspecified atom stereocenters. The lowest BCUT2D eigenvalue weighted by Crippen LogP contribution is -2.07. The molecule has 1 aromatic heterocycles. The van der Waals surface area contributed by atoms with Crippen LogP contribution < -0.4 is 14.8 Å². The number of nitrogens with one attached hydrogen (secondary N) is 1. The number of nitrogens with zero attached hydrogens (tertiary/aromatic N) is 1. The van der Waals surface area contributed by atoms with Crippen molar-refractivity contribution in [2.24, 2.45) is 0 Å². The van der Waals surface area contributed by atoms with Gasteiger partial charge in [0, 0.05) is 11.6 Å². The van der Waals surface area contributed by atoms with Crippen LogP contribution in [-0.2, 0) is 4.79 Å². The topological polar surface area (TPSA) is 60.5 Å². The minimum atomic E-state index is -0.232. The van der Waals surface area contributed by atoms with Gasteiger partial charge < -0.3 is 9.47 Å². The lowest BCUT2D eigenvalue weighted by atomic mass is 10.2. The number of carbonyl (C=O) groups excluding carboxylic acids is 1. The number of fused-ring (bicyclic) bond motifs is 1. The molecule has 3 aromatic rings. The largest absolute Gasteiger partial charge is 0.494 e. The van der Waals surface area contributed by atoms with Crippen molar-refractivity contribution in [3.63, 3.8) is 0 Å². The van der Waals surface area contributed by atoms with Crippen LogP contribution in [0.5, 0.6) is 11.5 Å². The normalized spacial score (nSPS) is 11.0. The fraction of sp³-hybridized carbons (Fsp3) is 0.238. The second-order valence-corrected chi connectivity index (χ2v) is 6.82. The van der Waals surface area contributed by atoms with Crippen molar-refractivity contribution in [1.29, 1.82) is 0 Å². The van der Waals surface area contributed by atoms with Crippen LogP contribution in [0.25, 0.3) is 16.3 Å². The Morgan fingerprint density at radius 2 is 2.04 bits per heavy atom. The van der Waals surface area contributed by atoms with E-state index < -0.39 is 0 Å². The van der Waals surface area contributed by atoms with Gasteiger partial charge >= 0.3 is 0 Å². The smallest absolute Gasteiger partial charge is 0.250 e. The quantitative estimate of drug-likeness (QED) is 0.548. The molecular weight excluding hydrogens is 360 g/mol. The van der Waals surface area contributed by atoms with Gasteiger partial charge in [-0.15, -0.1) is 0 Å². The third-order valence-electron chi connectivity index (χ3n) is 3.70. The van der Waals surface area contributed by atoms with E-state index in [9.17, 15) is 4.79 Å². The van der Waals surface area contributed by atoms with Crippen LogP contribution in [0.15, 0.2) is 48.5 Å². The Labute approximate surface area is 162 Å². The Balaban J connectivity index is 1.69. The van der Waals surface area contributed by atoms with Gasteiger partial charge in [-0.2, -0.15) is 0 Å². The molecule has 0 bridgehead atoms. The molecular formula is C21H22N2O3S. The molecule has 0 atom stereocenters. The van der Waals surface area contributed by atoms with E-state index in [1.54, 1.807) is 6.08 Å². The number of benzene rings is 2. The SMILES string of the molecule is CCCOc1ccccc1/C=C/C(=O)Nc1nc2ccc(OCC)cc2s1. The van der Waals surface area contributed by atoms with E-state index in [1.807, 2.05) is 49.4 Å². The molecule has 0 aliphatic carbocycles. The lowest BCUT2D eigenvalue weighted by Gasteiger charge is -2.07. The molecule has 0 aliphatic heterocycles. The van der Waals surface area contributed by atoms with Crippen LogP contribution in [0, 0.1) is 0 Å². The summed E-state index contributed by atoms with van der Waals surface area (Å²) in [5.41, 5.74) is 1.70. The summed E-state index contributed by atoms with van der Waals surface area (Å²) in [5.74, 6) is 1.34. The highest BCUT2D eigenvalue weighted by atomic mass is 32.1. The van der Waals surface area contributed by atoms with Crippen LogP contribution in [0.3, 0.4) is 0 Å². The summed E-state index contributed by atoms with van der Waals surface area (Å²) in [7, 11) is 0. The van der Waals surface area contributed by atoms with Crippen LogP contribution in [0.1, 0.15) is 25.8 Å². The van der Waals surface area contributed by atoms with Crippen LogP contribution in [0.4, 0.5) is 5.13 Å². The van der Waals surface area contributed by atoms with E-state index >= 15 is 0 Å². The van der Waals surface area contributed by atoms with E-state index in [0.29, 0.717) is 18.3 Å². The first-order valence-corrected chi connectivity index (χ1v) is 9.75. The van der Waals surface area contributed by atoms with E-state index in [2.05, 4.69) is 17.2 Å². The molecule has 27 heavy (non-hydrogen) atoms. The summed E-state index contributed by atoms with van der Waals surface area (Å²) in [4.78, 5) is 16.7. The van der Waals surface area contributed by atoms with Gasteiger partial charge in [0.05, 0.1) is 23.4 Å².